The number of piperidine rings is 1. The number of likely N-dealkylation sites (tertiary alicyclic amines) is 1. The van der Waals surface area contributed by atoms with Crippen LogP contribution in [0.15, 0.2) is 16.6 Å². The number of halogens is 1. The van der Waals surface area contributed by atoms with Crippen LogP contribution in [-0.2, 0) is 13.0 Å². The highest BCUT2D eigenvalue weighted by Crippen LogP contribution is 2.34. The standard InChI is InChI=1S/C15H21BrN2O/c1-17-14-2-5-18(6-3-14)10-12-9-13(16)8-11-4-7-19-15(11)12/h8-9,14,17H,2-7,10H2,1H3. The molecule has 0 atom stereocenters. The Labute approximate surface area is 123 Å². The van der Waals surface area contributed by atoms with Gasteiger partial charge in [0.25, 0.3) is 0 Å². The average Bonchev–Trinajstić information content (AvgIpc) is 2.88. The molecule has 2 heterocycles. The first-order valence-corrected chi connectivity index (χ1v) is 7.89. The lowest BCUT2D eigenvalue weighted by Gasteiger charge is -2.32. The highest BCUT2D eigenvalue weighted by molar-refractivity contribution is 9.10. The van der Waals surface area contributed by atoms with Crippen molar-refractivity contribution in [2.75, 3.05) is 26.7 Å². The molecule has 0 bridgehead atoms. The van der Waals surface area contributed by atoms with Crippen molar-refractivity contribution < 1.29 is 4.74 Å². The lowest BCUT2D eigenvalue weighted by atomic mass is 10.0. The first-order valence-electron chi connectivity index (χ1n) is 7.10. The molecule has 0 radical (unpaired) electrons. The van der Waals surface area contributed by atoms with E-state index in [0.29, 0.717) is 6.04 Å². The maximum Gasteiger partial charge on any atom is 0.127 e. The number of benzene rings is 1. The second-order valence-electron chi connectivity index (χ2n) is 5.49. The zero-order valence-corrected chi connectivity index (χ0v) is 13.0. The summed E-state index contributed by atoms with van der Waals surface area (Å²) in [4.78, 5) is 2.54. The van der Waals surface area contributed by atoms with Crippen LogP contribution >= 0.6 is 15.9 Å². The number of ether oxygens (including phenoxy) is 1. The molecule has 3 rings (SSSR count). The molecule has 0 aliphatic carbocycles. The third-order valence-corrected chi connectivity index (χ3v) is 4.67. The van der Waals surface area contributed by atoms with E-state index in [1.807, 2.05) is 0 Å². The van der Waals surface area contributed by atoms with Gasteiger partial charge in [0.05, 0.1) is 6.61 Å². The summed E-state index contributed by atoms with van der Waals surface area (Å²) in [7, 11) is 2.06. The summed E-state index contributed by atoms with van der Waals surface area (Å²) >= 11 is 3.62. The van der Waals surface area contributed by atoms with Gasteiger partial charge < -0.3 is 10.1 Å². The first-order chi connectivity index (χ1) is 9.26. The minimum atomic E-state index is 0.695. The summed E-state index contributed by atoms with van der Waals surface area (Å²) in [6.45, 7) is 4.19. The Morgan fingerprint density at radius 1 is 1.37 bits per heavy atom. The molecule has 4 heteroatoms. The van der Waals surface area contributed by atoms with E-state index in [1.54, 1.807) is 0 Å². The fraction of sp³-hybridized carbons (Fsp3) is 0.600. The molecule has 104 valence electrons. The van der Waals surface area contributed by atoms with Crippen LogP contribution in [-0.4, -0.2) is 37.7 Å². The molecule has 0 aromatic heterocycles. The Morgan fingerprint density at radius 2 is 2.16 bits per heavy atom. The number of rotatable bonds is 3. The predicted molar refractivity (Wildman–Crippen MR) is 80.7 cm³/mol. The number of hydrogen-bond donors (Lipinski definition) is 1. The van der Waals surface area contributed by atoms with Crippen molar-refractivity contribution in [1.29, 1.82) is 0 Å². The number of nitrogens with one attached hydrogen (secondary N) is 1. The number of fused-ring (bicyclic) bond motifs is 1. The van der Waals surface area contributed by atoms with Gasteiger partial charge in [-0.15, -0.1) is 0 Å². The topological polar surface area (TPSA) is 24.5 Å². The highest BCUT2D eigenvalue weighted by Gasteiger charge is 2.22. The zero-order valence-electron chi connectivity index (χ0n) is 11.4. The quantitative estimate of drug-likeness (QED) is 0.924. The maximum atomic E-state index is 5.81. The van der Waals surface area contributed by atoms with Crippen molar-refractivity contribution in [2.45, 2.75) is 31.8 Å². The van der Waals surface area contributed by atoms with Gasteiger partial charge in [-0.05, 0) is 50.7 Å². The minimum Gasteiger partial charge on any atom is -0.493 e. The summed E-state index contributed by atoms with van der Waals surface area (Å²) in [5, 5.41) is 3.38. The molecule has 0 spiro atoms. The van der Waals surface area contributed by atoms with Gasteiger partial charge in [-0.25, -0.2) is 0 Å². The highest BCUT2D eigenvalue weighted by atomic mass is 79.9. The van der Waals surface area contributed by atoms with Crippen LogP contribution in [0.1, 0.15) is 24.0 Å². The average molecular weight is 325 g/mol. The first kappa shape index (κ1) is 13.4. The number of hydrogen-bond acceptors (Lipinski definition) is 3. The summed E-state index contributed by atoms with van der Waals surface area (Å²) in [6, 6.07) is 5.11. The Balaban J connectivity index is 1.70. The molecular formula is C15H21BrN2O. The lowest BCUT2D eigenvalue weighted by molar-refractivity contribution is 0.192. The minimum absolute atomic E-state index is 0.695. The van der Waals surface area contributed by atoms with E-state index < -0.39 is 0 Å². The van der Waals surface area contributed by atoms with Gasteiger partial charge >= 0.3 is 0 Å². The van der Waals surface area contributed by atoms with Gasteiger partial charge in [-0.3, -0.25) is 4.90 Å². The molecule has 1 aromatic carbocycles. The van der Waals surface area contributed by atoms with Gasteiger partial charge in [0.1, 0.15) is 5.75 Å². The van der Waals surface area contributed by atoms with Crippen LogP contribution in [0.4, 0.5) is 0 Å². The number of nitrogens with zero attached hydrogens (tertiary/aromatic N) is 1. The summed E-state index contributed by atoms with van der Waals surface area (Å²) < 4.78 is 6.99. The van der Waals surface area contributed by atoms with Gasteiger partial charge in [0, 0.05) is 29.0 Å². The molecule has 1 aromatic rings. The smallest absolute Gasteiger partial charge is 0.127 e. The Hall–Kier alpha value is -0.580. The molecule has 0 unspecified atom stereocenters. The third-order valence-electron chi connectivity index (χ3n) is 4.22. The van der Waals surface area contributed by atoms with E-state index in [9.17, 15) is 0 Å². The second kappa shape index (κ2) is 5.81. The largest absolute Gasteiger partial charge is 0.493 e. The van der Waals surface area contributed by atoms with Crippen LogP contribution in [0, 0.1) is 0 Å². The van der Waals surface area contributed by atoms with E-state index in [4.69, 9.17) is 4.74 Å². The van der Waals surface area contributed by atoms with Crippen LogP contribution in [0.25, 0.3) is 0 Å². The van der Waals surface area contributed by atoms with Gasteiger partial charge in [-0.2, -0.15) is 0 Å². The van der Waals surface area contributed by atoms with E-state index >= 15 is 0 Å². The van der Waals surface area contributed by atoms with Crippen molar-refractivity contribution >= 4 is 15.9 Å². The maximum absolute atomic E-state index is 5.81. The SMILES string of the molecule is CNC1CCN(Cc2cc(Br)cc3c2OCC3)CC1. The molecule has 0 amide bonds. The fourth-order valence-corrected chi connectivity index (χ4v) is 3.64. The summed E-state index contributed by atoms with van der Waals surface area (Å²) in [6.07, 6.45) is 3.53. The Morgan fingerprint density at radius 3 is 2.89 bits per heavy atom. The summed E-state index contributed by atoms with van der Waals surface area (Å²) in [5.41, 5.74) is 2.69. The van der Waals surface area contributed by atoms with Crippen molar-refractivity contribution in [3.05, 3.63) is 27.7 Å². The van der Waals surface area contributed by atoms with Crippen LogP contribution in [0.3, 0.4) is 0 Å². The monoisotopic (exact) mass is 324 g/mol. The third kappa shape index (κ3) is 2.96. The zero-order chi connectivity index (χ0) is 13.2. The Bertz CT molecular complexity index is 456. The van der Waals surface area contributed by atoms with E-state index in [-0.39, 0.29) is 0 Å². The lowest BCUT2D eigenvalue weighted by Crippen LogP contribution is -2.40. The van der Waals surface area contributed by atoms with Crippen molar-refractivity contribution in [3.63, 3.8) is 0 Å². The normalized spacial score (nSPS) is 20.3. The van der Waals surface area contributed by atoms with E-state index in [0.717, 1.165) is 25.3 Å². The van der Waals surface area contributed by atoms with Gasteiger partial charge in [-0.1, -0.05) is 15.9 Å². The molecular weight excluding hydrogens is 304 g/mol. The molecule has 2 aliphatic rings. The second-order valence-corrected chi connectivity index (χ2v) is 6.41. The van der Waals surface area contributed by atoms with E-state index in [2.05, 4.69) is 45.3 Å². The molecule has 19 heavy (non-hydrogen) atoms. The van der Waals surface area contributed by atoms with Crippen molar-refractivity contribution in [3.8, 4) is 5.75 Å². The molecule has 1 N–H and O–H groups in total. The Kier molecular flexibility index (Phi) is 4.10. The summed E-state index contributed by atoms with van der Waals surface area (Å²) in [5.74, 6) is 1.14. The van der Waals surface area contributed by atoms with Crippen LogP contribution < -0.4 is 10.1 Å². The van der Waals surface area contributed by atoms with Crippen molar-refractivity contribution in [2.24, 2.45) is 0 Å². The fourth-order valence-electron chi connectivity index (χ4n) is 3.08. The molecule has 1 saturated heterocycles. The van der Waals surface area contributed by atoms with Crippen LogP contribution in [0.2, 0.25) is 0 Å². The molecule has 0 saturated carbocycles. The van der Waals surface area contributed by atoms with Crippen LogP contribution in [0.5, 0.6) is 5.75 Å². The molecule has 3 nitrogen and oxygen atoms in total. The van der Waals surface area contributed by atoms with E-state index in [1.165, 1.54) is 41.5 Å². The van der Waals surface area contributed by atoms with Gasteiger partial charge in [0.2, 0.25) is 0 Å². The predicted octanol–water partition coefficient (Wildman–Crippen LogP) is 2.57. The molecule has 1 fully saturated rings. The van der Waals surface area contributed by atoms with Crippen molar-refractivity contribution in [1.82, 2.24) is 10.2 Å². The molecule has 2 aliphatic heterocycles. The van der Waals surface area contributed by atoms with Gasteiger partial charge in [0.15, 0.2) is 0 Å².